The summed E-state index contributed by atoms with van der Waals surface area (Å²) in [4.78, 5) is 4.29. The van der Waals surface area contributed by atoms with Crippen molar-refractivity contribution in [3.8, 4) is 0 Å². The van der Waals surface area contributed by atoms with Gasteiger partial charge in [0.2, 0.25) is 0 Å². The molecule has 3 atom stereocenters. The van der Waals surface area contributed by atoms with Crippen molar-refractivity contribution >= 4 is 19.9 Å². The Morgan fingerprint density at radius 3 is 2.87 bits per heavy atom. The number of nitrogens with one attached hydrogen (secondary N) is 1. The zero-order chi connectivity index (χ0) is 17.8. The van der Waals surface area contributed by atoms with E-state index in [1.165, 1.54) is 0 Å². The van der Waals surface area contributed by atoms with Crippen LogP contribution in [0.2, 0.25) is 23.3 Å². The van der Waals surface area contributed by atoms with Crippen molar-refractivity contribution in [3.05, 3.63) is 28.5 Å². The lowest BCUT2D eigenvalue weighted by molar-refractivity contribution is 0.124. The Kier molecular flexibility index (Phi) is 4.05. The van der Waals surface area contributed by atoms with Gasteiger partial charge < -0.3 is 9.16 Å². The van der Waals surface area contributed by atoms with Gasteiger partial charge in [-0.1, -0.05) is 32.4 Å². The van der Waals surface area contributed by atoms with E-state index in [2.05, 4.69) is 44.2 Å². The number of halogens is 1. The molecule has 0 bridgehead atoms. The predicted molar refractivity (Wildman–Crippen MR) is 95.1 cm³/mol. The normalized spacial score (nSPS) is 32.0. The molecule has 0 saturated carbocycles. The molecule has 23 heavy (non-hydrogen) atoms. The lowest BCUT2D eigenvalue weighted by Crippen LogP contribution is -2.47. The van der Waals surface area contributed by atoms with E-state index < -0.39 is 15.0 Å². The van der Waals surface area contributed by atoms with Crippen LogP contribution in [0.15, 0.2) is 12.3 Å². The first kappa shape index (κ1) is 16.0. The first-order valence-corrected chi connectivity index (χ1v) is 11.5. The molecule has 1 fully saturated rings. The van der Waals surface area contributed by atoms with E-state index in [-0.39, 0.29) is 16.7 Å². The quantitative estimate of drug-likeness (QED) is 0.632. The fraction of sp³-hybridized carbons (Fsp3) is 0.706. The Morgan fingerprint density at radius 1 is 1.52 bits per heavy atom. The van der Waals surface area contributed by atoms with Gasteiger partial charge in [-0.05, 0) is 42.6 Å². The minimum Gasteiger partial charge on any atom is -0.410 e. The van der Waals surface area contributed by atoms with Crippen molar-refractivity contribution in [2.75, 3.05) is 13.3 Å². The van der Waals surface area contributed by atoms with E-state index >= 15 is 0 Å². The monoisotopic (exact) mass is 355 g/mol. The van der Waals surface area contributed by atoms with Gasteiger partial charge in [-0.25, -0.2) is 4.98 Å². The fourth-order valence-corrected chi connectivity index (χ4v) is 4.74. The predicted octanol–water partition coefficient (Wildman–Crippen LogP) is 4.36. The largest absolute Gasteiger partial charge is 0.410 e. The van der Waals surface area contributed by atoms with Gasteiger partial charge in [-0.3, -0.25) is 5.32 Å². The van der Waals surface area contributed by atoms with Crippen molar-refractivity contribution < 1.29 is 10.5 Å². The maximum absolute atomic E-state index is 7.86. The average molecular weight is 356 g/mol. The number of hydrogen-bond donors (Lipinski definition) is 1. The molecular formula is C17H27ClN2O2Si. The molecule has 128 valence electrons. The van der Waals surface area contributed by atoms with Crippen molar-refractivity contribution in [2.24, 2.45) is 0 Å². The molecule has 2 heterocycles. The van der Waals surface area contributed by atoms with Crippen LogP contribution in [0.25, 0.3) is 0 Å². The topological polar surface area (TPSA) is 43.4 Å². The number of aromatic nitrogens is 1. The third-order valence-corrected chi connectivity index (χ3v) is 10.4. The van der Waals surface area contributed by atoms with Crippen molar-refractivity contribution in [2.45, 2.75) is 63.4 Å². The summed E-state index contributed by atoms with van der Waals surface area (Å²) >= 11 is 6.49. The number of fused-ring (bicyclic) bond motifs is 2. The SMILES string of the molecule is [2H]C1N[C@]2(CC[C@H](O[Si](C)(C)C(C)(C)C)c3c2ccnc3Cl)CO1. The molecule has 4 nitrogen and oxygen atoms in total. The van der Waals surface area contributed by atoms with Crippen molar-refractivity contribution in [1.82, 2.24) is 10.3 Å². The van der Waals surface area contributed by atoms with Gasteiger partial charge in [0.25, 0.3) is 0 Å². The molecule has 1 saturated heterocycles. The Balaban J connectivity index is 1.99. The summed E-state index contributed by atoms with van der Waals surface area (Å²) in [5.74, 6) is 0. The number of ether oxygens (including phenoxy) is 1. The molecule has 1 N–H and O–H groups in total. The van der Waals surface area contributed by atoms with Crippen LogP contribution in [0, 0.1) is 0 Å². The summed E-state index contributed by atoms with van der Waals surface area (Å²) in [7, 11) is -1.92. The molecule has 1 aliphatic carbocycles. The van der Waals surface area contributed by atoms with E-state index in [9.17, 15) is 0 Å². The molecule has 0 amide bonds. The summed E-state index contributed by atoms with van der Waals surface area (Å²) in [5, 5.41) is 3.92. The van der Waals surface area contributed by atoms with Crippen LogP contribution in [0.5, 0.6) is 0 Å². The zero-order valence-electron chi connectivity index (χ0n) is 15.6. The molecule has 2 aliphatic rings. The first-order valence-electron chi connectivity index (χ1n) is 8.78. The van der Waals surface area contributed by atoms with Gasteiger partial charge in [0.05, 0.1) is 26.3 Å². The van der Waals surface area contributed by atoms with Gasteiger partial charge in [-0.15, -0.1) is 0 Å². The third kappa shape index (κ3) is 2.98. The second-order valence-electron chi connectivity index (χ2n) is 8.12. The van der Waals surface area contributed by atoms with Gasteiger partial charge in [0, 0.05) is 11.8 Å². The second kappa shape index (κ2) is 5.81. The Labute approximate surface area is 146 Å². The van der Waals surface area contributed by atoms with Crippen LogP contribution in [0.4, 0.5) is 0 Å². The van der Waals surface area contributed by atoms with E-state index in [4.69, 9.17) is 22.1 Å². The molecule has 1 aliphatic heterocycles. The molecule has 0 radical (unpaired) electrons. The van der Waals surface area contributed by atoms with Gasteiger partial charge in [-0.2, -0.15) is 0 Å². The lowest BCUT2D eigenvalue weighted by Gasteiger charge is -2.44. The highest BCUT2D eigenvalue weighted by Crippen LogP contribution is 2.48. The van der Waals surface area contributed by atoms with E-state index in [1.54, 1.807) is 6.20 Å². The minimum atomic E-state index is -1.92. The molecule has 1 spiro atoms. The number of pyridine rings is 1. The summed E-state index contributed by atoms with van der Waals surface area (Å²) in [6, 6.07) is 2.00. The average Bonchev–Trinajstić information content (AvgIpc) is 2.83. The van der Waals surface area contributed by atoms with Crippen molar-refractivity contribution in [1.29, 1.82) is 0 Å². The fourth-order valence-electron chi connectivity index (χ4n) is 3.16. The number of hydrogen-bond acceptors (Lipinski definition) is 4. The molecule has 1 unspecified atom stereocenters. The van der Waals surface area contributed by atoms with Gasteiger partial charge >= 0.3 is 0 Å². The Bertz CT molecular complexity index is 638. The number of nitrogens with zero attached hydrogens (tertiary/aromatic N) is 1. The Hall–Kier alpha value is -0.463. The summed E-state index contributed by atoms with van der Waals surface area (Å²) in [6.07, 6.45) is 3.42. The maximum atomic E-state index is 7.86. The van der Waals surface area contributed by atoms with Crippen LogP contribution in [0.3, 0.4) is 0 Å². The van der Waals surface area contributed by atoms with E-state index in [0.29, 0.717) is 11.8 Å². The van der Waals surface area contributed by atoms with E-state index in [0.717, 1.165) is 24.0 Å². The van der Waals surface area contributed by atoms with Crippen LogP contribution < -0.4 is 5.32 Å². The maximum Gasteiger partial charge on any atom is 0.192 e. The molecule has 6 heteroatoms. The van der Waals surface area contributed by atoms with Crippen LogP contribution in [-0.2, 0) is 14.7 Å². The minimum absolute atomic E-state index is 0.0423. The second-order valence-corrected chi connectivity index (χ2v) is 13.2. The van der Waals surface area contributed by atoms with Crippen LogP contribution in [0.1, 0.15) is 52.2 Å². The smallest absolute Gasteiger partial charge is 0.192 e. The summed E-state index contributed by atoms with van der Waals surface area (Å²) in [6.45, 7) is 11.0. The first-order chi connectivity index (χ1) is 11.1. The van der Waals surface area contributed by atoms with Gasteiger partial charge in [0.1, 0.15) is 5.15 Å². The van der Waals surface area contributed by atoms with Crippen LogP contribution >= 0.6 is 11.6 Å². The molecule has 1 aromatic heterocycles. The molecule has 3 rings (SSSR count). The van der Waals surface area contributed by atoms with Crippen LogP contribution in [-0.4, -0.2) is 26.6 Å². The molecular weight excluding hydrogens is 328 g/mol. The third-order valence-electron chi connectivity index (χ3n) is 5.60. The number of rotatable bonds is 2. The Morgan fingerprint density at radius 2 is 2.26 bits per heavy atom. The summed E-state index contributed by atoms with van der Waals surface area (Å²) in [5.41, 5.74) is 1.70. The lowest BCUT2D eigenvalue weighted by atomic mass is 9.77. The molecule has 1 aromatic rings. The van der Waals surface area contributed by atoms with Crippen molar-refractivity contribution in [3.63, 3.8) is 0 Å². The zero-order valence-corrected chi connectivity index (χ0v) is 16.3. The summed E-state index contributed by atoms with van der Waals surface area (Å²) < 4.78 is 20.0. The standard InChI is InChI=1S/C17H27ClN2O2Si/c1-16(2,3)23(4,5)22-13-6-8-17(10-21-11-20-17)12-7-9-19-15(18)14(12)13/h7,9,13,20H,6,8,10-11H2,1-5H3/t13-,17+/m0/s1/i11D/t11?,13-,17+. The highest BCUT2D eigenvalue weighted by Gasteiger charge is 2.47. The highest BCUT2D eigenvalue weighted by molar-refractivity contribution is 6.74. The van der Waals surface area contributed by atoms with Gasteiger partial charge in [0.15, 0.2) is 8.32 Å². The highest BCUT2D eigenvalue weighted by atomic mass is 35.5. The molecule has 0 aromatic carbocycles. The van der Waals surface area contributed by atoms with E-state index in [1.807, 2.05) is 6.07 Å².